The first kappa shape index (κ1) is 9.57. The minimum Gasteiger partial charge on any atom is -0.487 e. The van der Waals surface area contributed by atoms with Gasteiger partial charge in [-0.15, -0.1) is 0 Å². The lowest BCUT2D eigenvalue weighted by Crippen LogP contribution is -1.98. The molecule has 3 nitrogen and oxygen atoms in total. The van der Waals surface area contributed by atoms with Gasteiger partial charge in [0.25, 0.3) is 5.88 Å². The molecule has 0 fully saturated rings. The van der Waals surface area contributed by atoms with E-state index >= 15 is 0 Å². The number of hydrogen-bond acceptors (Lipinski definition) is 3. The Morgan fingerprint density at radius 2 is 2.33 bits per heavy atom. The van der Waals surface area contributed by atoms with Gasteiger partial charge in [-0.1, -0.05) is 0 Å². The number of methoxy groups -OCH3 is 1. The maximum Gasteiger partial charge on any atom is 0.257 e. The summed E-state index contributed by atoms with van der Waals surface area (Å²) >= 11 is 2.19. The second-order valence-corrected chi connectivity index (χ2v) is 3.23. The molecule has 0 aliphatic carbocycles. The van der Waals surface area contributed by atoms with Crippen LogP contribution in [0.3, 0.4) is 0 Å². The van der Waals surface area contributed by atoms with Crippen molar-refractivity contribution in [3.05, 3.63) is 15.8 Å². The molecule has 0 spiro atoms. The van der Waals surface area contributed by atoms with E-state index in [0.29, 0.717) is 12.5 Å². The van der Waals surface area contributed by atoms with Crippen LogP contribution in [0.25, 0.3) is 0 Å². The molecule has 1 heterocycles. The Morgan fingerprint density at radius 3 is 2.92 bits per heavy atom. The molecule has 66 valence electrons. The molecule has 0 radical (unpaired) electrons. The van der Waals surface area contributed by atoms with E-state index in [4.69, 9.17) is 9.47 Å². The summed E-state index contributed by atoms with van der Waals surface area (Å²) < 4.78 is 11.4. The van der Waals surface area contributed by atoms with Crippen LogP contribution >= 0.6 is 22.6 Å². The third kappa shape index (κ3) is 2.00. The summed E-state index contributed by atoms with van der Waals surface area (Å²) in [7, 11) is 1.58. The number of pyridine rings is 1. The van der Waals surface area contributed by atoms with Gasteiger partial charge >= 0.3 is 0 Å². The molecular weight excluding hydrogens is 269 g/mol. The maximum absolute atomic E-state index is 5.36. The summed E-state index contributed by atoms with van der Waals surface area (Å²) in [5, 5.41) is 0. The largest absolute Gasteiger partial charge is 0.487 e. The van der Waals surface area contributed by atoms with E-state index in [1.807, 2.05) is 13.0 Å². The minimum absolute atomic E-state index is 0.545. The summed E-state index contributed by atoms with van der Waals surface area (Å²) in [5.41, 5.74) is 0. The Hall–Kier alpha value is -0.520. The molecule has 1 rings (SSSR count). The molecular formula is C8H10INO2. The molecule has 0 saturated carbocycles. The van der Waals surface area contributed by atoms with Gasteiger partial charge in [0.05, 0.1) is 17.3 Å². The second kappa shape index (κ2) is 4.49. The van der Waals surface area contributed by atoms with Crippen molar-refractivity contribution >= 4 is 22.6 Å². The molecule has 0 aliphatic heterocycles. The summed E-state index contributed by atoms with van der Waals surface area (Å²) in [6, 6.07) is 1.88. The smallest absolute Gasteiger partial charge is 0.257 e. The molecule has 0 saturated heterocycles. The zero-order valence-electron chi connectivity index (χ0n) is 7.00. The Morgan fingerprint density at radius 1 is 1.58 bits per heavy atom. The highest BCUT2D eigenvalue weighted by molar-refractivity contribution is 14.1. The zero-order valence-corrected chi connectivity index (χ0v) is 9.16. The molecule has 4 heteroatoms. The molecule has 0 atom stereocenters. The van der Waals surface area contributed by atoms with Crippen LogP contribution in [-0.4, -0.2) is 18.7 Å². The molecule has 12 heavy (non-hydrogen) atoms. The van der Waals surface area contributed by atoms with Crippen molar-refractivity contribution in [1.29, 1.82) is 0 Å². The van der Waals surface area contributed by atoms with E-state index in [0.717, 1.165) is 9.32 Å². The van der Waals surface area contributed by atoms with E-state index in [2.05, 4.69) is 27.6 Å². The maximum atomic E-state index is 5.36. The highest BCUT2D eigenvalue weighted by Crippen LogP contribution is 2.29. The van der Waals surface area contributed by atoms with Crippen LogP contribution in [0.4, 0.5) is 0 Å². The summed E-state index contributed by atoms with van der Waals surface area (Å²) in [5.74, 6) is 1.27. The fourth-order valence-electron chi connectivity index (χ4n) is 0.827. The molecule has 0 amide bonds. The molecule has 0 N–H and O–H groups in total. The van der Waals surface area contributed by atoms with Crippen LogP contribution in [0.2, 0.25) is 0 Å². The van der Waals surface area contributed by atoms with Crippen LogP contribution < -0.4 is 9.47 Å². The monoisotopic (exact) mass is 279 g/mol. The number of hydrogen-bond donors (Lipinski definition) is 0. The SMILES string of the molecule is CCOc1c(I)ccnc1OC. The highest BCUT2D eigenvalue weighted by Gasteiger charge is 2.08. The van der Waals surface area contributed by atoms with Crippen LogP contribution in [0.1, 0.15) is 6.92 Å². The fraction of sp³-hybridized carbons (Fsp3) is 0.375. The molecule has 0 aromatic carbocycles. The summed E-state index contributed by atoms with van der Waals surface area (Å²) in [4.78, 5) is 4.02. The molecule has 1 aromatic rings. The molecule has 0 aliphatic rings. The van der Waals surface area contributed by atoms with Gasteiger partial charge in [0.15, 0.2) is 5.75 Å². The number of aromatic nitrogens is 1. The summed E-state index contributed by atoms with van der Waals surface area (Å²) in [6.07, 6.45) is 1.70. The number of ether oxygens (including phenoxy) is 2. The Labute approximate surface area is 85.2 Å². The van der Waals surface area contributed by atoms with E-state index < -0.39 is 0 Å². The number of nitrogens with zero attached hydrogens (tertiary/aromatic N) is 1. The zero-order chi connectivity index (χ0) is 8.97. The standard InChI is InChI=1S/C8H10INO2/c1-3-12-7-6(9)4-5-10-8(7)11-2/h4-5H,3H2,1-2H3. The van der Waals surface area contributed by atoms with Gasteiger partial charge in [0.2, 0.25) is 0 Å². The first-order valence-electron chi connectivity index (χ1n) is 3.61. The van der Waals surface area contributed by atoms with Gasteiger partial charge in [0, 0.05) is 6.20 Å². The first-order valence-corrected chi connectivity index (χ1v) is 4.68. The minimum atomic E-state index is 0.545. The second-order valence-electron chi connectivity index (χ2n) is 2.06. The molecule has 1 aromatic heterocycles. The lowest BCUT2D eigenvalue weighted by atomic mass is 10.4. The van der Waals surface area contributed by atoms with Crippen molar-refractivity contribution in [3.8, 4) is 11.6 Å². The topological polar surface area (TPSA) is 31.4 Å². The van der Waals surface area contributed by atoms with Gasteiger partial charge in [-0.3, -0.25) is 0 Å². The third-order valence-corrected chi connectivity index (χ3v) is 2.16. The molecule has 0 bridgehead atoms. The van der Waals surface area contributed by atoms with E-state index in [1.165, 1.54) is 0 Å². The third-order valence-electron chi connectivity index (χ3n) is 1.31. The Balaban J connectivity index is 3.02. The van der Waals surface area contributed by atoms with E-state index in [1.54, 1.807) is 13.3 Å². The van der Waals surface area contributed by atoms with Gasteiger partial charge in [-0.05, 0) is 35.6 Å². The van der Waals surface area contributed by atoms with Crippen LogP contribution in [-0.2, 0) is 0 Å². The average molecular weight is 279 g/mol. The van der Waals surface area contributed by atoms with Crippen LogP contribution in [0.15, 0.2) is 12.3 Å². The van der Waals surface area contributed by atoms with Crippen molar-refractivity contribution in [2.24, 2.45) is 0 Å². The van der Waals surface area contributed by atoms with Crippen molar-refractivity contribution in [1.82, 2.24) is 4.98 Å². The predicted molar refractivity (Wildman–Crippen MR) is 54.7 cm³/mol. The molecule has 0 unspecified atom stereocenters. The van der Waals surface area contributed by atoms with Gasteiger partial charge in [-0.25, -0.2) is 4.98 Å². The highest BCUT2D eigenvalue weighted by atomic mass is 127. The van der Waals surface area contributed by atoms with Gasteiger partial charge in [0.1, 0.15) is 0 Å². The van der Waals surface area contributed by atoms with Crippen molar-refractivity contribution < 1.29 is 9.47 Å². The normalized spacial score (nSPS) is 9.58. The summed E-state index contributed by atoms with van der Waals surface area (Å²) in [6.45, 7) is 2.56. The Kier molecular flexibility index (Phi) is 3.58. The van der Waals surface area contributed by atoms with Crippen molar-refractivity contribution in [3.63, 3.8) is 0 Å². The number of halogens is 1. The van der Waals surface area contributed by atoms with Crippen molar-refractivity contribution in [2.45, 2.75) is 6.92 Å². The van der Waals surface area contributed by atoms with Crippen LogP contribution in [0, 0.1) is 3.57 Å². The van der Waals surface area contributed by atoms with E-state index in [9.17, 15) is 0 Å². The van der Waals surface area contributed by atoms with Crippen LogP contribution in [0.5, 0.6) is 11.6 Å². The van der Waals surface area contributed by atoms with Crippen molar-refractivity contribution in [2.75, 3.05) is 13.7 Å². The van der Waals surface area contributed by atoms with E-state index in [-0.39, 0.29) is 0 Å². The lowest BCUT2D eigenvalue weighted by molar-refractivity contribution is 0.301. The first-order chi connectivity index (χ1) is 5.79. The number of rotatable bonds is 3. The van der Waals surface area contributed by atoms with Gasteiger partial charge < -0.3 is 9.47 Å². The van der Waals surface area contributed by atoms with Gasteiger partial charge in [-0.2, -0.15) is 0 Å². The fourth-order valence-corrected chi connectivity index (χ4v) is 1.37. The predicted octanol–water partition coefficient (Wildman–Crippen LogP) is 2.09. The quantitative estimate of drug-likeness (QED) is 0.794. The average Bonchev–Trinajstić information content (AvgIpc) is 2.09. The Bertz CT molecular complexity index is 265. The lowest BCUT2D eigenvalue weighted by Gasteiger charge is -2.08.